The summed E-state index contributed by atoms with van der Waals surface area (Å²) in [5, 5.41) is 24.8. The van der Waals surface area contributed by atoms with Crippen LogP contribution in [0.3, 0.4) is 0 Å². The van der Waals surface area contributed by atoms with Crippen LogP contribution in [-0.2, 0) is 4.79 Å². The molecule has 0 aliphatic rings. The fourth-order valence-electron chi connectivity index (χ4n) is 3.00. The van der Waals surface area contributed by atoms with E-state index in [1.54, 1.807) is 12.3 Å². The number of carboxylic acid groups (broad SMARTS) is 1. The smallest absolute Gasteiger partial charge is 0.506 e. The molecule has 8 nitrogen and oxygen atoms in total. The van der Waals surface area contributed by atoms with Gasteiger partial charge in [-0.2, -0.15) is 5.10 Å². The summed E-state index contributed by atoms with van der Waals surface area (Å²) in [6, 6.07) is 7.97. The third-order valence-electron chi connectivity index (χ3n) is 4.73. The maximum atomic E-state index is 12.4. The number of hydrogen-bond donors (Lipinski definition) is 3. The number of carbonyl (C=O) groups excluding carboxylic acids is 2. The number of carbonyl (C=O) groups is 3. The van der Waals surface area contributed by atoms with E-state index in [1.165, 1.54) is 24.3 Å². The van der Waals surface area contributed by atoms with Crippen molar-refractivity contribution in [3.05, 3.63) is 57.1 Å². The van der Waals surface area contributed by atoms with E-state index >= 15 is 0 Å². The molecule has 36 heavy (non-hydrogen) atoms. The maximum Gasteiger partial charge on any atom is 0.573 e. The Morgan fingerprint density at radius 3 is 2.36 bits per heavy atom. The molecule has 0 bridgehead atoms. The minimum absolute atomic E-state index is 0.0585. The van der Waals surface area contributed by atoms with Gasteiger partial charge in [-0.3, -0.25) is 14.4 Å². The Labute approximate surface area is 210 Å². The molecule has 190 valence electrons. The first kappa shape index (κ1) is 26.9. The fraction of sp³-hybridized carbons (Fsp3) is 0.217. The number of nitrogens with zero attached hydrogens (tertiary/aromatic N) is 1. The molecule has 1 amide bonds. The lowest BCUT2D eigenvalue weighted by Crippen LogP contribution is -2.18. The van der Waals surface area contributed by atoms with Crippen LogP contribution in [-0.4, -0.2) is 39.9 Å². The van der Waals surface area contributed by atoms with Crippen molar-refractivity contribution in [3.8, 4) is 21.9 Å². The van der Waals surface area contributed by atoms with Gasteiger partial charge in [0.25, 0.3) is 5.91 Å². The highest BCUT2D eigenvalue weighted by Crippen LogP contribution is 2.39. The molecule has 3 N–H and O–H groups in total. The van der Waals surface area contributed by atoms with Gasteiger partial charge in [0.1, 0.15) is 11.5 Å². The zero-order valence-corrected chi connectivity index (χ0v) is 20.2. The topological polar surface area (TPSA) is 125 Å². The number of benzene rings is 1. The summed E-state index contributed by atoms with van der Waals surface area (Å²) < 4.78 is 40.8. The lowest BCUT2D eigenvalue weighted by Gasteiger charge is -2.09. The number of aliphatic carboxylic acids is 1. The van der Waals surface area contributed by atoms with Crippen molar-refractivity contribution in [2.75, 3.05) is 0 Å². The van der Waals surface area contributed by atoms with Crippen LogP contribution in [0.5, 0.6) is 11.5 Å². The minimum atomic E-state index is -4.81. The number of ketones is 1. The number of thiophene rings is 2. The van der Waals surface area contributed by atoms with Crippen LogP contribution >= 0.6 is 22.7 Å². The molecule has 2 aromatic heterocycles. The van der Waals surface area contributed by atoms with Gasteiger partial charge in [0.15, 0.2) is 5.78 Å². The Bertz CT molecular complexity index is 1300. The van der Waals surface area contributed by atoms with E-state index in [0.29, 0.717) is 20.9 Å². The van der Waals surface area contributed by atoms with Gasteiger partial charge in [-0.05, 0) is 55.3 Å². The molecule has 2 heterocycles. The van der Waals surface area contributed by atoms with Gasteiger partial charge in [0, 0.05) is 18.2 Å². The highest BCUT2D eigenvalue weighted by Gasteiger charge is 2.31. The van der Waals surface area contributed by atoms with Crippen molar-refractivity contribution in [1.82, 2.24) is 5.43 Å². The van der Waals surface area contributed by atoms with E-state index in [9.17, 15) is 32.7 Å². The number of hydrazone groups is 1. The molecule has 3 aromatic rings. The molecular weight excluding hydrogens is 521 g/mol. The number of rotatable bonds is 10. The van der Waals surface area contributed by atoms with Gasteiger partial charge in [0.2, 0.25) is 0 Å². The number of aromatic hydroxyl groups is 1. The number of ether oxygens (including phenoxy) is 1. The Kier molecular flexibility index (Phi) is 8.48. The van der Waals surface area contributed by atoms with Crippen molar-refractivity contribution in [3.63, 3.8) is 0 Å². The van der Waals surface area contributed by atoms with Gasteiger partial charge in [-0.15, -0.1) is 35.8 Å². The van der Waals surface area contributed by atoms with Crippen molar-refractivity contribution in [1.29, 1.82) is 0 Å². The molecule has 1 aromatic carbocycles. The van der Waals surface area contributed by atoms with Gasteiger partial charge in [0.05, 0.1) is 25.9 Å². The van der Waals surface area contributed by atoms with E-state index < -0.39 is 18.2 Å². The van der Waals surface area contributed by atoms with Crippen molar-refractivity contribution in [2.45, 2.75) is 32.5 Å². The number of hydrogen-bond acceptors (Lipinski definition) is 8. The minimum Gasteiger partial charge on any atom is -0.506 e. The number of amides is 1. The summed E-state index contributed by atoms with van der Waals surface area (Å²) in [4.78, 5) is 36.1. The normalized spacial score (nSPS) is 11.8. The average molecular weight is 541 g/mol. The second-order valence-electron chi connectivity index (χ2n) is 7.37. The Balaban J connectivity index is 1.64. The van der Waals surface area contributed by atoms with Crippen LogP contribution in [0.4, 0.5) is 13.2 Å². The van der Waals surface area contributed by atoms with Crippen molar-refractivity contribution >= 4 is 46.0 Å². The van der Waals surface area contributed by atoms with E-state index in [2.05, 4.69) is 15.3 Å². The Hall–Kier alpha value is -3.71. The Morgan fingerprint density at radius 1 is 1.06 bits per heavy atom. The van der Waals surface area contributed by atoms with Gasteiger partial charge in [-0.25, -0.2) is 5.43 Å². The second kappa shape index (κ2) is 11.4. The predicted octanol–water partition coefficient (Wildman–Crippen LogP) is 5.67. The second-order valence-corrected chi connectivity index (χ2v) is 9.34. The molecule has 0 fully saturated rings. The largest absolute Gasteiger partial charge is 0.573 e. The summed E-state index contributed by atoms with van der Waals surface area (Å²) in [6.45, 7) is 1.55. The van der Waals surface area contributed by atoms with Crippen molar-refractivity contribution < 1.29 is 42.5 Å². The third kappa shape index (κ3) is 7.15. The monoisotopic (exact) mass is 540 g/mol. The van der Waals surface area contributed by atoms with Gasteiger partial charge < -0.3 is 14.9 Å². The number of halogens is 3. The van der Waals surface area contributed by atoms with E-state index in [1.807, 2.05) is 0 Å². The molecule has 0 unspecified atom stereocenters. The molecule has 3 rings (SSSR count). The molecule has 0 saturated heterocycles. The quantitative estimate of drug-likeness (QED) is 0.173. The fourth-order valence-corrected chi connectivity index (χ4v) is 4.88. The Morgan fingerprint density at radius 2 is 1.72 bits per heavy atom. The molecule has 0 saturated carbocycles. The molecule has 0 radical (unpaired) electrons. The first-order chi connectivity index (χ1) is 16.9. The van der Waals surface area contributed by atoms with E-state index in [0.717, 1.165) is 34.8 Å². The third-order valence-corrected chi connectivity index (χ3v) is 6.87. The number of nitrogens with one attached hydrogen (secondary N) is 1. The molecule has 0 spiro atoms. The van der Waals surface area contributed by atoms with Crippen molar-refractivity contribution in [2.24, 2.45) is 5.10 Å². The first-order valence-corrected chi connectivity index (χ1v) is 12.0. The van der Waals surface area contributed by atoms with Crippen LogP contribution in [0.25, 0.3) is 10.4 Å². The standard InChI is InChI=1S/C23H19F3N2O6S2/c1-12(27-28-22(33)18-10-9-17(36-18)16(29)3-2-4-19(30)31)15-11-35-21(20(15)32)13-5-7-14(8-6-13)34-23(24,25)26/h5-11,32H,2-4H2,1H3,(H,28,33)(H,30,31)/b27-12+. The van der Waals surface area contributed by atoms with E-state index in [4.69, 9.17) is 5.11 Å². The van der Waals surface area contributed by atoms with E-state index in [-0.39, 0.29) is 47.1 Å². The SMILES string of the molecule is C/C(=N\NC(=O)c1ccc(C(=O)CCCC(=O)O)s1)c1csc(-c2ccc(OC(F)(F)F)cc2)c1O. The van der Waals surface area contributed by atoms with Crippen LogP contribution in [0.2, 0.25) is 0 Å². The molecule has 0 aliphatic carbocycles. The zero-order chi connectivity index (χ0) is 26.5. The lowest BCUT2D eigenvalue weighted by atomic mass is 10.1. The molecule has 0 atom stereocenters. The summed E-state index contributed by atoms with van der Waals surface area (Å²) in [5.74, 6) is -2.35. The van der Waals surface area contributed by atoms with Crippen LogP contribution in [0.1, 0.15) is 51.1 Å². The number of Topliss-reactive ketones (excluding diaryl/α,β-unsaturated/α-hetero) is 1. The average Bonchev–Trinajstić information content (AvgIpc) is 3.44. The highest BCUT2D eigenvalue weighted by molar-refractivity contribution is 7.16. The predicted molar refractivity (Wildman–Crippen MR) is 128 cm³/mol. The summed E-state index contributed by atoms with van der Waals surface area (Å²) in [7, 11) is 0. The first-order valence-electron chi connectivity index (χ1n) is 10.3. The number of carboxylic acids is 1. The lowest BCUT2D eigenvalue weighted by molar-refractivity contribution is -0.274. The highest BCUT2D eigenvalue weighted by atomic mass is 32.1. The summed E-state index contributed by atoms with van der Waals surface area (Å²) >= 11 is 2.10. The molecule has 0 aliphatic heterocycles. The van der Waals surface area contributed by atoms with Crippen LogP contribution in [0.15, 0.2) is 46.9 Å². The van der Waals surface area contributed by atoms with Gasteiger partial charge >= 0.3 is 12.3 Å². The van der Waals surface area contributed by atoms with Crippen LogP contribution < -0.4 is 10.2 Å². The summed E-state index contributed by atoms with van der Waals surface area (Å²) in [5.41, 5.74) is 3.43. The maximum absolute atomic E-state index is 12.4. The zero-order valence-electron chi connectivity index (χ0n) is 18.6. The van der Waals surface area contributed by atoms with Gasteiger partial charge in [-0.1, -0.05) is 0 Å². The number of alkyl halides is 3. The molecule has 13 heteroatoms. The molecular formula is C23H19F3N2O6S2. The summed E-state index contributed by atoms with van der Waals surface area (Å²) in [6.07, 6.45) is -4.66. The van der Waals surface area contributed by atoms with Crippen LogP contribution in [0, 0.1) is 0 Å².